The van der Waals surface area contributed by atoms with Crippen LogP contribution in [0.4, 0.5) is 0 Å². The second-order valence-electron chi connectivity index (χ2n) is 7.58. The summed E-state index contributed by atoms with van der Waals surface area (Å²) in [4.78, 5) is 13.3. The van der Waals surface area contributed by atoms with E-state index in [0.717, 1.165) is 55.0 Å². The molecular weight excluding hydrogens is 587 g/mol. The van der Waals surface area contributed by atoms with Gasteiger partial charge in [-0.3, -0.25) is 0 Å². The van der Waals surface area contributed by atoms with Gasteiger partial charge >= 0.3 is 0 Å². The Labute approximate surface area is 204 Å². The Morgan fingerprint density at radius 1 is 0.788 bits per heavy atom. The van der Waals surface area contributed by atoms with Gasteiger partial charge in [-0.15, -0.1) is 53.4 Å². The molecule has 0 spiro atoms. The molecule has 3 aromatic carbocycles. The predicted molar refractivity (Wildman–Crippen MR) is 128 cm³/mol. The Morgan fingerprint density at radius 3 is 2.48 bits per heavy atom. The molecular formula is C28H17IrN3O-2. The fraction of sp³-hybridized carbons (Fsp3) is 0.0357. The number of furan rings is 1. The molecule has 0 amide bonds. The minimum atomic E-state index is 0. The van der Waals surface area contributed by atoms with E-state index in [4.69, 9.17) is 4.42 Å². The molecule has 4 aromatic heterocycles. The SMILES string of the molecule is Cc1cc2c3cccnc3c3[c-]ccc4oc(n1)c2c43.[Ir].[c-]1ccccc1-c1ccccn1. The van der Waals surface area contributed by atoms with Gasteiger partial charge in [0.05, 0.1) is 5.58 Å². The summed E-state index contributed by atoms with van der Waals surface area (Å²) < 4.78 is 5.91. The van der Waals surface area contributed by atoms with Gasteiger partial charge in [0.15, 0.2) is 0 Å². The number of fused-ring (bicyclic) bond motifs is 3. The van der Waals surface area contributed by atoms with Crippen molar-refractivity contribution in [3.63, 3.8) is 0 Å². The molecule has 7 aromatic rings. The van der Waals surface area contributed by atoms with Crippen LogP contribution in [0.1, 0.15) is 5.69 Å². The third kappa shape index (κ3) is 3.66. The van der Waals surface area contributed by atoms with E-state index in [-0.39, 0.29) is 20.1 Å². The summed E-state index contributed by atoms with van der Waals surface area (Å²) in [5, 5.41) is 5.45. The van der Waals surface area contributed by atoms with E-state index >= 15 is 0 Å². The smallest absolute Gasteiger partial charge is 0.216 e. The van der Waals surface area contributed by atoms with Gasteiger partial charge in [-0.2, -0.15) is 0 Å². The molecule has 0 aliphatic rings. The Balaban J connectivity index is 0.000000152. The summed E-state index contributed by atoms with van der Waals surface area (Å²) in [5.41, 5.74) is 5.48. The predicted octanol–water partition coefficient (Wildman–Crippen LogP) is 6.78. The number of aromatic nitrogens is 3. The normalized spacial score (nSPS) is 10.9. The van der Waals surface area contributed by atoms with E-state index in [2.05, 4.69) is 39.2 Å². The molecule has 4 nitrogen and oxygen atoms in total. The van der Waals surface area contributed by atoms with Crippen molar-refractivity contribution in [3.8, 4) is 11.3 Å². The van der Waals surface area contributed by atoms with Gasteiger partial charge in [0, 0.05) is 43.6 Å². The first-order valence-corrected chi connectivity index (χ1v) is 10.4. The molecule has 4 heterocycles. The van der Waals surface area contributed by atoms with Gasteiger partial charge in [-0.1, -0.05) is 29.7 Å². The first-order chi connectivity index (χ1) is 15.8. The molecule has 0 atom stereocenters. The number of hydrogen-bond donors (Lipinski definition) is 0. The number of nitrogens with zero attached hydrogens (tertiary/aromatic N) is 3. The number of rotatable bonds is 1. The molecule has 0 saturated carbocycles. The van der Waals surface area contributed by atoms with Crippen molar-refractivity contribution < 1.29 is 24.5 Å². The van der Waals surface area contributed by atoms with Crippen molar-refractivity contribution in [2.45, 2.75) is 6.92 Å². The maximum Gasteiger partial charge on any atom is 0.216 e. The number of pyridine rings is 3. The van der Waals surface area contributed by atoms with Crippen LogP contribution in [-0.2, 0) is 20.1 Å². The number of aryl methyl sites for hydroxylation is 1. The van der Waals surface area contributed by atoms with Gasteiger partial charge in [-0.25, -0.2) is 4.98 Å². The van der Waals surface area contributed by atoms with Crippen LogP contribution in [0.3, 0.4) is 0 Å². The van der Waals surface area contributed by atoms with Gasteiger partial charge in [-0.05, 0) is 47.1 Å². The number of benzene rings is 3. The van der Waals surface area contributed by atoms with Crippen molar-refractivity contribution in [1.29, 1.82) is 0 Å². The first kappa shape index (κ1) is 21.2. The molecule has 0 aliphatic heterocycles. The molecule has 0 N–H and O–H groups in total. The maximum absolute atomic E-state index is 5.91. The summed E-state index contributed by atoms with van der Waals surface area (Å²) in [7, 11) is 0. The Hall–Kier alpha value is -3.66. The fourth-order valence-electron chi connectivity index (χ4n) is 4.17. The maximum atomic E-state index is 5.91. The van der Waals surface area contributed by atoms with Crippen LogP contribution in [-0.4, -0.2) is 15.0 Å². The molecule has 5 heteroatoms. The van der Waals surface area contributed by atoms with Crippen molar-refractivity contribution in [2.24, 2.45) is 0 Å². The summed E-state index contributed by atoms with van der Waals surface area (Å²) >= 11 is 0. The van der Waals surface area contributed by atoms with Gasteiger partial charge in [0.25, 0.3) is 0 Å². The van der Waals surface area contributed by atoms with E-state index in [1.165, 1.54) is 0 Å². The van der Waals surface area contributed by atoms with Crippen LogP contribution in [0.25, 0.3) is 55.0 Å². The van der Waals surface area contributed by atoms with Crippen LogP contribution in [0.5, 0.6) is 0 Å². The Morgan fingerprint density at radius 2 is 1.67 bits per heavy atom. The Bertz CT molecular complexity index is 1640. The first-order valence-electron chi connectivity index (χ1n) is 10.4. The molecule has 0 fully saturated rings. The second-order valence-corrected chi connectivity index (χ2v) is 7.58. The molecule has 0 unspecified atom stereocenters. The number of hydrogen-bond acceptors (Lipinski definition) is 4. The minimum Gasteiger partial charge on any atom is -0.458 e. The van der Waals surface area contributed by atoms with Crippen LogP contribution >= 0.6 is 0 Å². The fourth-order valence-corrected chi connectivity index (χ4v) is 4.17. The zero-order chi connectivity index (χ0) is 21.5. The van der Waals surface area contributed by atoms with Crippen molar-refractivity contribution in [1.82, 2.24) is 15.0 Å². The van der Waals surface area contributed by atoms with Gasteiger partial charge < -0.3 is 14.4 Å². The van der Waals surface area contributed by atoms with Gasteiger partial charge in [0.2, 0.25) is 5.71 Å². The molecule has 1 radical (unpaired) electrons. The molecule has 7 rings (SSSR count). The molecule has 161 valence electrons. The van der Waals surface area contributed by atoms with E-state index < -0.39 is 0 Å². The second kappa shape index (κ2) is 8.70. The van der Waals surface area contributed by atoms with E-state index in [0.29, 0.717) is 5.71 Å². The van der Waals surface area contributed by atoms with Crippen LogP contribution < -0.4 is 0 Å². The standard InChI is InChI=1S/C17H9N2O.C11H8N.Ir/c1-9-8-12-10-5-3-7-18-16(10)11-4-2-6-13-14(11)15(12)17(19-9)20-13;1-2-6-10(7-3-1)11-8-4-5-9-12-11;/h2-3,5-8H,1H3;1-6,8-9H;/q2*-1;. The van der Waals surface area contributed by atoms with E-state index in [1.54, 1.807) is 6.20 Å². The van der Waals surface area contributed by atoms with Crippen molar-refractivity contribution in [3.05, 3.63) is 103 Å². The Kier molecular flexibility index (Phi) is 5.59. The summed E-state index contributed by atoms with van der Waals surface area (Å²) in [6, 6.07) is 30.1. The van der Waals surface area contributed by atoms with Crippen LogP contribution in [0.2, 0.25) is 0 Å². The quantitative estimate of drug-likeness (QED) is 0.154. The van der Waals surface area contributed by atoms with Crippen LogP contribution in [0.15, 0.2) is 89.6 Å². The zero-order valence-electron chi connectivity index (χ0n) is 17.7. The monoisotopic (exact) mass is 604 g/mol. The molecule has 0 saturated heterocycles. The largest absolute Gasteiger partial charge is 0.458 e. The van der Waals surface area contributed by atoms with Crippen molar-refractivity contribution >= 4 is 43.7 Å². The van der Waals surface area contributed by atoms with Crippen LogP contribution in [0, 0.1) is 19.1 Å². The topological polar surface area (TPSA) is 51.8 Å². The summed E-state index contributed by atoms with van der Waals surface area (Å²) in [6.07, 6.45) is 3.61. The minimum absolute atomic E-state index is 0. The molecule has 0 aliphatic carbocycles. The average molecular weight is 604 g/mol. The van der Waals surface area contributed by atoms with E-state index in [1.807, 2.05) is 73.8 Å². The third-order valence-corrected chi connectivity index (χ3v) is 5.51. The van der Waals surface area contributed by atoms with Crippen molar-refractivity contribution in [2.75, 3.05) is 0 Å². The average Bonchev–Trinajstić information content (AvgIpc) is 3.23. The third-order valence-electron chi connectivity index (χ3n) is 5.51. The molecule has 0 bridgehead atoms. The van der Waals surface area contributed by atoms with E-state index in [9.17, 15) is 0 Å². The van der Waals surface area contributed by atoms with Gasteiger partial charge in [0.1, 0.15) is 0 Å². The summed E-state index contributed by atoms with van der Waals surface area (Å²) in [6.45, 7) is 1.99. The summed E-state index contributed by atoms with van der Waals surface area (Å²) in [5.74, 6) is 0. The molecule has 33 heavy (non-hydrogen) atoms. The zero-order valence-corrected chi connectivity index (χ0v) is 20.1.